The smallest absolute Gasteiger partial charge is 0.194 e. The van der Waals surface area contributed by atoms with Crippen LogP contribution in [0.1, 0.15) is 17.3 Å². The number of Topliss-reactive ketones (excluding diaryl/α,β-unsaturated/α-hetero) is 1. The lowest BCUT2D eigenvalue weighted by molar-refractivity contribution is 0.101. The van der Waals surface area contributed by atoms with Crippen molar-refractivity contribution in [1.82, 2.24) is 0 Å². The van der Waals surface area contributed by atoms with Crippen LogP contribution in [0.25, 0.3) is 11.1 Å². The van der Waals surface area contributed by atoms with Crippen LogP contribution in [0.15, 0.2) is 30.3 Å². The van der Waals surface area contributed by atoms with Crippen LogP contribution in [-0.4, -0.2) is 5.78 Å². The van der Waals surface area contributed by atoms with Gasteiger partial charge in [0.2, 0.25) is 0 Å². The Bertz CT molecular complexity index is 641. The summed E-state index contributed by atoms with van der Waals surface area (Å²) in [4.78, 5) is 11.2. The van der Waals surface area contributed by atoms with E-state index in [0.29, 0.717) is 0 Å². The van der Waals surface area contributed by atoms with Crippen molar-refractivity contribution < 1.29 is 22.4 Å². The zero-order valence-corrected chi connectivity index (χ0v) is 9.81. The maximum Gasteiger partial charge on any atom is 0.194 e. The van der Waals surface area contributed by atoms with Gasteiger partial charge in [-0.05, 0) is 48.4 Å². The van der Waals surface area contributed by atoms with Gasteiger partial charge in [-0.3, -0.25) is 4.79 Å². The molecule has 0 aliphatic rings. The van der Waals surface area contributed by atoms with Crippen molar-refractivity contribution in [2.24, 2.45) is 0 Å². The molecule has 0 saturated heterocycles. The number of rotatable bonds is 2. The monoisotopic (exact) mass is 268 g/mol. The summed E-state index contributed by atoms with van der Waals surface area (Å²) in [6.07, 6.45) is 0. The predicted molar refractivity (Wildman–Crippen MR) is 61.7 cm³/mol. The minimum atomic E-state index is -1.59. The summed E-state index contributed by atoms with van der Waals surface area (Å²) in [5.74, 6) is -5.43. The lowest BCUT2D eigenvalue weighted by atomic mass is 10.0. The molecule has 0 atom stereocenters. The molecule has 0 N–H and O–H groups in total. The van der Waals surface area contributed by atoms with Crippen LogP contribution in [0.3, 0.4) is 0 Å². The quantitative estimate of drug-likeness (QED) is 0.455. The van der Waals surface area contributed by atoms with Gasteiger partial charge in [0.25, 0.3) is 0 Å². The SMILES string of the molecule is CC(=O)c1cc(F)cc(-c2cc(F)c(F)c(F)c2)c1. The fourth-order valence-electron chi connectivity index (χ4n) is 1.68. The molecule has 98 valence electrons. The van der Waals surface area contributed by atoms with E-state index < -0.39 is 23.3 Å². The van der Waals surface area contributed by atoms with Gasteiger partial charge in [-0.25, -0.2) is 17.6 Å². The molecule has 0 saturated carbocycles. The largest absolute Gasteiger partial charge is 0.295 e. The summed E-state index contributed by atoms with van der Waals surface area (Å²) in [5.41, 5.74) is 0.126. The number of carbonyl (C=O) groups is 1. The van der Waals surface area contributed by atoms with E-state index >= 15 is 0 Å². The third-order valence-electron chi connectivity index (χ3n) is 2.62. The fraction of sp³-hybridized carbons (Fsp3) is 0.0714. The van der Waals surface area contributed by atoms with E-state index in [9.17, 15) is 22.4 Å². The molecule has 0 aliphatic carbocycles. The molecule has 0 unspecified atom stereocenters. The second-order valence-corrected chi connectivity index (χ2v) is 4.04. The van der Waals surface area contributed by atoms with Gasteiger partial charge in [-0.15, -0.1) is 0 Å². The standard InChI is InChI=1S/C14H8F4O/c1-7(19)8-2-9(4-11(15)3-8)10-5-12(16)14(18)13(17)6-10/h2-6H,1H3. The van der Waals surface area contributed by atoms with Crippen LogP contribution in [0.5, 0.6) is 0 Å². The van der Waals surface area contributed by atoms with Crippen molar-refractivity contribution in [3.8, 4) is 11.1 Å². The Labute approximate surface area is 106 Å². The summed E-state index contributed by atoms with van der Waals surface area (Å²) >= 11 is 0. The van der Waals surface area contributed by atoms with E-state index in [1.165, 1.54) is 13.0 Å². The first-order valence-electron chi connectivity index (χ1n) is 5.35. The molecule has 0 radical (unpaired) electrons. The maximum absolute atomic E-state index is 13.3. The lowest BCUT2D eigenvalue weighted by Crippen LogP contribution is -1.96. The van der Waals surface area contributed by atoms with Crippen molar-refractivity contribution in [3.05, 3.63) is 59.2 Å². The highest BCUT2D eigenvalue weighted by molar-refractivity contribution is 5.95. The molecule has 1 nitrogen and oxygen atoms in total. The maximum atomic E-state index is 13.3. The Morgan fingerprint density at radius 3 is 1.89 bits per heavy atom. The van der Waals surface area contributed by atoms with Gasteiger partial charge in [-0.2, -0.15) is 0 Å². The number of hydrogen-bond donors (Lipinski definition) is 0. The van der Waals surface area contributed by atoms with Gasteiger partial charge < -0.3 is 0 Å². The lowest BCUT2D eigenvalue weighted by Gasteiger charge is -2.06. The van der Waals surface area contributed by atoms with Crippen LogP contribution in [0, 0.1) is 23.3 Å². The Morgan fingerprint density at radius 1 is 0.842 bits per heavy atom. The van der Waals surface area contributed by atoms with Crippen LogP contribution < -0.4 is 0 Å². The molecule has 0 aliphatic heterocycles. The van der Waals surface area contributed by atoms with E-state index in [1.54, 1.807) is 0 Å². The van der Waals surface area contributed by atoms with E-state index in [0.717, 1.165) is 24.3 Å². The summed E-state index contributed by atoms with van der Waals surface area (Å²) < 4.78 is 52.4. The zero-order chi connectivity index (χ0) is 14.2. The Kier molecular flexibility index (Phi) is 3.38. The van der Waals surface area contributed by atoms with Crippen LogP contribution in [0.4, 0.5) is 17.6 Å². The number of carbonyl (C=O) groups excluding carboxylic acids is 1. The molecule has 0 bridgehead atoms. The summed E-state index contributed by atoms with van der Waals surface area (Å²) in [5, 5.41) is 0. The molecule has 5 heteroatoms. The highest BCUT2D eigenvalue weighted by atomic mass is 19.2. The summed E-state index contributed by atoms with van der Waals surface area (Å²) in [7, 11) is 0. The number of hydrogen-bond acceptors (Lipinski definition) is 1. The number of halogens is 4. The fourth-order valence-corrected chi connectivity index (χ4v) is 1.68. The topological polar surface area (TPSA) is 17.1 Å². The Morgan fingerprint density at radius 2 is 1.37 bits per heavy atom. The van der Waals surface area contributed by atoms with Crippen molar-refractivity contribution >= 4 is 5.78 Å². The van der Waals surface area contributed by atoms with Crippen LogP contribution in [0.2, 0.25) is 0 Å². The third-order valence-corrected chi connectivity index (χ3v) is 2.62. The van der Waals surface area contributed by atoms with Crippen molar-refractivity contribution in [3.63, 3.8) is 0 Å². The Hall–Kier alpha value is -2.17. The molecular weight excluding hydrogens is 260 g/mol. The average molecular weight is 268 g/mol. The van der Waals surface area contributed by atoms with E-state index in [1.807, 2.05) is 0 Å². The van der Waals surface area contributed by atoms with Gasteiger partial charge in [0, 0.05) is 5.56 Å². The van der Waals surface area contributed by atoms with Gasteiger partial charge in [0.1, 0.15) is 5.82 Å². The minimum Gasteiger partial charge on any atom is -0.295 e. The molecule has 0 amide bonds. The molecule has 19 heavy (non-hydrogen) atoms. The molecule has 0 spiro atoms. The second-order valence-electron chi connectivity index (χ2n) is 4.04. The van der Waals surface area contributed by atoms with Crippen LogP contribution >= 0.6 is 0 Å². The highest BCUT2D eigenvalue weighted by Crippen LogP contribution is 2.25. The summed E-state index contributed by atoms with van der Waals surface area (Å²) in [6, 6.07) is 4.81. The predicted octanol–water partition coefficient (Wildman–Crippen LogP) is 4.11. The second kappa shape index (κ2) is 4.84. The molecular formula is C14H8F4O. The number of benzene rings is 2. The van der Waals surface area contributed by atoms with E-state index in [-0.39, 0.29) is 22.5 Å². The normalized spacial score (nSPS) is 10.6. The average Bonchev–Trinajstić information content (AvgIpc) is 2.34. The first kappa shape index (κ1) is 13.3. The molecule has 0 fully saturated rings. The first-order chi connectivity index (χ1) is 8.88. The van der Waals surface area contributed by atoms with Crippen molar-refractivity contribution in [2.45, 2.75) is 6.92 Å². The molecule has 0 heterocycles. The van der Waals surface area contributed by atoms with Gasteiger partial charge >= 0.3 is 0 Å². The molecule has 0 aromatic heterocycles. The highest BCUT2D eigenvalue weighted by Gasteiger charge is 2.13. The molecule has 2 aromatic rings. The van der Waals surface area contributed by atoms with E-state index in [4.69, 9.17) is 0 Å². The first-order valence-corrected chi connectivity index (χ1v) is 5.35. The van der Waals surface area contributed by atoms with Crippen molar-refractivity contribution in [2.75, 3.05) is 0 Å². The number of ketones is 1. The van der Waals surface area contributed by atoms with Crippen LogP contribution in [-0.2, 0) is 0 Å². The Balaban J connectivity index is 2.62. The van der Waals surface area contributed by atoms with Gasteiger partial charge in [0.05, 0.1) is 0 Å². The molecule has 2 rings (SSSR count). The minimum absolute atomic E-state index is 0.0431. The molecule has 2 aromatic carbocycles. The summed E-state index contributed by atoms with van der Waals surface area (Å²) in [6.45, 7) is 1.24. The van der Waals surface area contributed by atoms with Gasteiger partial charge in [0.15, 0.2) is 23.2 Å². The van der Waals surface area contributed by atoms with Crippen molar-refractivity contribution in [1.29, 1.82) is 0 Å². The van der Waals surface area contributed by atoms with E-state index in [2.05, 4.69) is 0 Å². The van der Waals surface area contributed by atoms with Gasteiger partial charge in [-0.1, -0.05) is 0 Å². The zero-order valence-electron chi connectivity index (χ0n) is 9.81. The third kappa shape index (κ3) is 2.65.